The van der Waals surface area contributed by atoms with E-state index in [0.717, 1.165) is 36.3 Å². The van der Waals surface area contributed by atoms with Crippen LogP contribution >= 0.6 is 0 Å². The molecular weight excluding hydrogens is 428 g/mol. The van der Waals surface area contributed by atoms with Crippen molar-refractivity contribution >= 4 is 22.0 Å². The Labute approximate surface area is 189 Å². The van der Waals surface area contributed by atoms with Gasteiger partial charge in [-0.3, -0.25) is 4.79 Å². The van der Waals surface area contributed by atoms with Crippen LogP contribution in [-0.2, 0) is 19.6 Å². The average Bonchev–Trinajstić information content (AvgIpc) is 3.33. The van der Waals surface area contributed by atoms with Gasteiger partial charge >= 0.3 is 0 Å². The van der Waals surface area contributed by atoms with E-state index in [1.165, 1.54) is 4.31 Å². The van der Waals surface area contributed by atoms with Gasteiger partial charge in [0.1, 0.15) is 5.75 Å². The molecule has 0 aliphatic carbocycles. The molecule has 2 aliphatic heterocycles. The number of hydrogen-bond donors (Lipinski definition) is 0. The number of morpholine rings is 1. The number of sulfonamides is 1. The Balaban J connectivity index is 1.42. The first kappa shape index (κ1) is 22.5. The Hall–Kier alpha value is -2.68. The van der Waals surface area contributed by atoms with Crippen molar-refractivity contribution in [3.8, 4) is 5.75 Å². The lowest BCUT2D eigenvalue weighted by Crippen LogP contribution is -2.40. The first-order chi connectivity index (χ1) is 15.5. The fraction of sp³-hybridized carbons (Fsp3) is 0.375. The van der Waals surface area contributed by atoms with Crippen molar-refractivity contribution in [1.29, 1.82) is 0 Å². The fourth-order valence-electron chi connectivity index (χ4n) is 4.15. The number of hydrogen-bond acceptors (Lipinski definition) is 5. The van der Waals surface area contributed by atoms with Crippen molar-refractivity contribution in [1.82, 2.24) is 9.21 Å². The van der Waals surface area contributed by atoms with Crippen molar-refractivity contribution in [3.63, 3.8) is 0 Å². The maximum Gasteiger partial charge on any atom is 0.247 e. The minimum atomic E-state index is -3.52. The standard InChI is InChI=1S/C24H28N2O5S/c1-30-21-9-7-20(8-10-21)23-3-2-14-26(23)24(27)13-6-19-4-11-22(12-5-19)32(28,29)25-15-17-31-18-16-25/h4-13,23H,2-3,14-18H2,1H3. The van der Waals surface area contributed by atoms with E-state index >= 15 is 0 Å². The van der Waals surface area contributed by atoms with E-state index < -0.39 is 10.0 Å². The van der Waals surface area contributed by atoms with E-state index in [4.69, 9.17) is 9.47 Å². The molecular formula is C24H28N2O5S. The summed E-state index contributed by atoms with van der Waals surface area (Å²) in [5.74, 6) is 0.747. The van der Waals surface area contributed by atoms with Gasteiger partial charge in [0.25, 0.3) is 0 Å². The molecule has 2 fully saturated rings. The average molecular weight is 457 g/mol. The fourth-order valence-corrected chi connectivity index (χ4v) is 5.56. The quantitative estimate of drug-likeness (QED) is 0.625. The second kappa shape index (κ2) is 9.85. The summed E-state index contributed by atoms with van der Waals surface area (Å²) in [7, 11) is -1.89. The van der Waals surface area contributed by atoms with Gasteiger partial charge in [-0.05, 0) is 54.3 Å². The molecule has 0 bridgehead atoms. The van der Waals surface area contributed by atoms with Crippen molar-refractivity contribution in [2.75, 3.05) is 40.0 Å². The highest BCUT2D eigenvalue weighted by Crippen LogP contribution is 2.33. The Morgan fingerprint density at radius 2 is 1.72 bits per heavy atom. The van der Waals surface area contributed by atoms with Crippen LogP contribution in [0.1, 0.15) is 30.0 Å². The van der Waals surface area contributed by atoms with Gasteiger partial charge in [0.15, 0.2) is 0 Å². The molecule has 1 atom stereocenters. The predicted molar refractivity (Wildman–Crippen MR) is 122 cm³/mol. The van der Waals surface area contributed by atoms with Crippen LogP contribution in [0.15, 0.2) is 59.5 Å². The summed E-state index contributed by atoms with van der Waals surface area (Å²) in [6.07, 6.45) is 5.19. The molecule has 32 heavy (non-hydrogen) atoms. The number of rotatable bonds is 6. The third-order valence-corrected chi connectivity index (χ3v) is 7.86. The maximum absolute atomic E-state index is 12.9. The van der Waals surface area contributed by atoms with Crippen LogP contribution < -0.4 is 4.74 Å². The van der Waals surface area contributed by atoms with Crippen LogP contribution in [0, 0.1) is 0 Å². The van der Waals surface area contributed by atoms with Gasteiger partial charge in [-0.25, -0.2) is 8.42 Å². The molecule has 8 heteroatoms. The Morgan fingerprint density at radius 3 is 2.38 bits per heavy atom. The summed E-state index contributed by atoms with van der Waals surface area (Å²) in [6.45, 7) is 2.27. The van der Waals surface area contributed by atoms with Gasteiger partial charge in [-0.2, -0.15) is 4.31 Å². The summed E-state index contributed by atoms with van der Waals surface area (Å²) >= 11 is 0. The summed E-state index contributed by atoms with van der Waals surface area (Å²) in [6, 6.07) is 14.5. The lowest BCUT2D eigenvalue weighted by molar-refractivity contribution is -0.126. The zero-order chi connectivity index (χ0) is 22.6. The molecule has 2 aromatic rings. The topological polar surface area (TPSA) is 76.2 Å². The minimum absolute atomic E-state index is 0.0478. The molecule has 2 aliphatic rings. The first-order valence-electron chi connectivity index (χ1n) is 10.8. The number of likely N-dealkylation sites (tertiary alicyclic amines) is 1. The van der Waals surface area contributed by atoms with Crippen LogP contribution in [0.4, 0.5) is 0 Å². The van der Waals surface area contributed by atoms with E-state index in [1.807, 2.05) is 29.2 Å². The highest BCUT2D eigenvalue weighted by atomic mass is 32.2. The molecule has 0 spiro atoms. The van der Waals surface area contributed by atoms with Crippen molar-refractivity contribution < 1.29 is 22.7 Å². The third kappa shape index (κ3) is 4.87. The number of carbonyl (C=O) groups is 1. The van der Waals surface area contributed by atoms with E-state index in [1.54, 1.807) is 43.5 Å². The molecule has 7 nitrogen and oxygen atoms in total. The number of carbonyl (C=O) groups excluding carboxylic acids is 1. The molecule has 0 aromatic heterocycles. The Morgan fingerprint density at radius 1 is 1.03 bits per heavy atom. The zero-order valence-electron chi connectivity index (χ0n) is 18.1. The highest BCUT2D eigenvalue weighted by molar-refractivity contribution is 7.89. The monoisotopic (exact) mass is 456 g/mol. The molecule has 1 amide bonds. The molecule has 0 radical (unpaired) electrons. The third-order valence-electron chi connectivity index (χ3n) is 5.94. The number of nitrogens with zero attached hydrogens (tertiary/aromatic N) is 2. The van der Waals surface area contributed by atoms with E-state index in [9.17, 15) is 13.2 Å². The largest absolute Gasteiger partial charge is 0.497 e. The smallest absolute Gasteiger partial charge is 0.247 e. The van der Waals surface area contributed by atoms with Crippen LogP contribution in [-0.4, -0.2) is 63.5 Å². The molecule has 2 saturated heterocycles. The zero-order valence-corrected chi connectivity index (χ0v) is 19.0. The summed E-state index contributed by atoms with van der Waals surface area (Å²) in [5, 5.41) is 0. The summed E-state index contributed by atoms with van der Waals surface area (Å²) < 4.78 is 37.4. The van der Waals surface area contributed by atoms with Crippen LogP contribution in [0.2, 0.25) is 0 Å². The van der Waals surface area contributed by atoms with Crippen molar-refractivity contribution in [3.05, 3.63) is 65.7 Å². The van der Waals surface area contributed by atoms with E-state index in [2.05, 4.69) is 0 Å². The number of methoxy groups -OCH3 is 1. The highest BCUT2D eigenvalue weighted by Gasteiger charge is 2.29. The second-order valence-corrected chi connectivity index (χ2v) is 9.82. The van der Waals surface area contributed by atoms with E-state index in [-0.39, 0.29) is 16.8 Å². The Bertz CT molecular complexity index is 1060. The van der Waals surface area contributed by atoms with Crippen LogP contribution in [0.25, 0.3) is 6.08 Å². The molecule has 2 aromatic carbocycles. The number of ether oxygens (including phenoxy) is 2. The van der Waals surface area contributed by atoms with Gasteiger partial charge in [0.2, 0.25) is 15.9 Å². The summed E-state index contributed by atoms with van der Waals surface area (Å²) in [5.41, 5.74) is 1.88. The number of benzene rings is 2. The molecule has 2 heterocycles. The maximum atomic E-state index is 12.9. The minimum Gasteiger partial charge on any atom is -0.497 e. The SMILES string of the molecule is COc1ccc(C2CCCN2C(=O)C=Cc2ccc(S(=O)(=O)N3CCOCC3)cc2)cc1. The van der Waals surface area contributed by atoms with Crippen LogP contribution in [0.5, 0.6) is 5.75 Å². The number of amides is 1. The Kier molecular flexibility index (Phi) is 6.93. The predicted octanol–water partition coefficient (Wildman–Crippen LogP) is 3.09. The van der Waals surface area contributed by atoms with Crippen molar-refractivity contribution in [2.24, 2.45) is 0 Å². The van der Waals surface area contributed by atoms with Crippen molar-refractivity contribution in [2.45, 2.75) is 23.8 Å². The van der Waals surface area contributed by atoms with Gasteiger partial charge < -0.3 is 14.4 Å². The molecule has 170 valence electrons. The van der Waals surface area contributed by atoms with Crippen LogP contribution in [0.3, 0.4) is 0 Å². The summed E-state index contributed by atoms with van der Waals surface area (Å²) in [4.78, 5) is 15.0. The normalized spacial score (nSPS) is 20.0. The van der Waals surface area contributed by atoms with E-state index in [0.29, 0.717) is 26.3 Å². The molecule has 1 unspecified atom stereocenters. The molecule has 4 rings (SSSR count). The van der Waals surface area contributed by atoms with Gasteiger partial charge in [0, 0.05) is 25.7 Å². The van der Waals surface area contributed by atoms with Gasteiger partial charge in [-0.15, -0.1) is 0 Å². The van der Waals surface area contributed by atoms with Gasteiger partial charge in [0.05, 0.1) is 31.3 Å². The first-order valence-corrected chi connectivity index (χ1v) is 12.2. The lowest BCUT2D eigenvalue weighted by atomic mass is 10.0. The molecule has 0 N–H and O–H groups in total. The lowest BCUT2D eigenvalue weighted by Gasteiger charge is -2.26. The second-order valence-electron chi connectivity index (χ2n) is 7.88. The van der Waals surface area contributed by atoms with Gasteiger partial charge in [-0.1, -0.05) is 24.3 Å². The molecule has 0 saturated carbocycles.